The van der Waals surface area contributed by atoms with Crippen molar-refractivity contribution in [2.24, 2.45) is 0 Å². The number of benzene rings is 1. The molecule has 2 aromatic rings. The fourth-order valence-corrected chi connectivity index (χ4v) is 2.95. The molecule has 26 heavy (non-hydrogen) atoms. The van der Waals surface area contributed by atoms with Crippen LogP contribution in [0.15, 0.2) is 42.7 Å². The number of hydrogen-bond donors (Lipinski definition) is 1. The number of anilines is 1. The molecule has 3 rings (SSSR count). The average Bonchev–Trinajstić information content (AvgIpc) is 2.63. The van der Waals surface area contributed by atoms with E-state index in [1.165, 1.54) is 12.1 Å². The van der Waals surface area contributed by atoms with Crippen LogP contribution in [0.4, 0.5) is 19.1 Å². The zero-order chi connectivity index (χ0) is 18.6. The van der Waals surface area contributed by atoms with E-state index in [1.807, 2.05) is 0 Å². The van der Waals surface area contributed by atoms with Gasteiger partial charge < -0.3 is 10.2 Å². The third-order valence-electron chi connectivity index (χ3n) is 4.34. The maximum atomic E-state index is 12.6. The van der Waals surface area contributed by atoms with Gasteiger partial charge in [0.2, 0.25) is 11.9 Å². The first kappa shape index (κ1) is 18.2. The lowest BCUT2D eigenvalue weighted by molar-refractivity contribution is -0.137. The van der Waals surface area contributed by atoms with E-state index in [0.717, 1.165) is 38.1 Å². The number of piperidine rings is 1. The minimum Gasteiger partial charge on any atom is -0.353 e. The highest BCUT2D eigenvalue weighted by atomic mass is 19.4. The predicted octanol–water partition coefficient (Wildman–Crippen LogP) is 2.82. The summed E-state index contributed by atoms with van der Waals surface area (Å²) in [6.07, 6.45) is 0.645. The number of hydrogen-bond acceptors (Lipinski definition) is 4. The van der Waals surface area contributed by atoms with E-state index in [0.29, 0.717) is 11.5 Å². The van der Waals surface area contributed by atoms with E-state index >= 15 is 0 Å². The van der Waals surface area contributed by atoms with Crippen LogP contribution < -0.4 is 10.2 Å². The molecule has 1 aromatic carbocycles. The van der Waals surface area contributed by atoms with E-state index in [-0.39, 0.29) is 18.4 Å². The third kappa shape index (κ3) is 4.71. The molecule has 1 aliphatic heterocycles. The summed E-state index contributed by atoms with van der Waals surface area (Å²) in [4.78, 5) is 22.6. The molecule has 0 radical (unpaired) electrons. The second-order valence-corrected chi connectivity index (χ2v) is 6.25. The highest BCUT2D eigenvalue weighted by molar-refractivity contribution is 5.78. The minimum absolute atomic E-state index is 0.0527. The molecule has 1 saturated heterocycles. The van der Waals surface area contributed by atoms with Gasteiger partial charge in [-0.3, -0.25) is 4.79 Å². The fourth-order valence-electron chi connectivity index (χ4n) is 2.95. The molecular weight excluding hydrogens is 345 g/mol. The third-order valence-corrected chi connectivity index (χ3v) is 4.34. The molecule has 0 spiro atoms. The largest absolute Gasteiger partial charge is 0.416 e. The molecule has 1 aromatic heterocycles. The number of nitrogens with zero attached hydrogens (tertiary/aromatic N) is 3. The SMILES string of the molecule is O=C(Cc1ccc(C(F)(F)F)cc1)NC1CCN(c2ncccn2)CC1. The first-order chi connectivity index (χ1) is 12.4. The Kier molecular flexibility index (Phi) is 5.39. The molecule has 0 unspecified atom stereocenters. The Morgan fingerprint density at radius 2 is 1.73 bits per heavy atom. The Labute approximate surface area is 149 Å². The molecule has 5 nitrogen and oxygen atoms in total. The molecule has 1 amide bonds. The number of halogens is 3. The van der Waals surface area contributed by atoms with Crippen LogP contribution in [0.25, 0.3) is 0 Å². The number of carbonyl (C=O) groups is 1. The van der Waals surface area contributed by atoms with Crippen LogP contribution in [0.3, 0.4) is 0 Å². The summed E-state index contributed by atoms with van der Waals surface area (Å²) in [6, 6.07) is 6.51. The van der Waals surface area contributed by atoms with Crippen LogP contribution in [0.2, 0.25) is 0 Å². The standard InChI is InChI=1S/C18H19F3N4O/c19-18(20,21)14-4-2-13(3-5-14)12-16(26)24-15-6-10-25(11-7-15)17-22-8-1-9-23-17/h1-5,8-9,15H,6-7,10-12H2,(H,24,26). The van der Waals surface area contributed by atoms with E-state index < -0.39 is 11.7 Å². The van der Waals surface area contributed by atoms with Gasteiger partial charge in [0.25, 0.3) is 0 Å². The second kappa shape index (κ2) is 7.72. The molecule has 0 bridgehead atoms. The Morgan fingerprint density at radius 1 is 1.12 bits per heavy atom. The first-order valence-electron chi connectivity index (χ1n) is 8.39. The van der Waals surface area contributed by atoms with Gasteiger partial charge in [0, 0.05) is 31.5 Å². The highest BCUT2D eigenvalue weighted by Gasteiger charge is 2.30. The van der Waals surface area contributed by atoms with Gasteiger partial charge in [0.15, 0.2) is 0 Å². The summed E-state index contributed by atoms with van der Waals surface area (Å²) in [6.45, 7) is 1.49. The van der Waals surface area contributed by atoms with Crippen molar-refractivity contribution in [1.82, 2.24) is 15.3 Å². The van der Waals surface area contributed by atoms with Gasteiger partial charge in [-0.15, -0.1) is 0 Å². The summed E-state index contributed by atoms with van der Waals surface area (Å²) in [7, 11) is 0. The van der Waals surface area contributed by atoms with E-state index in [9.17, 15) is 18.0 Å². The van der Waals surface area contributed by atoms with Crippen molar-refractivity contribution in [3.63, 3.8) is 0 Å². The van der Waals surface area contributed by atoms with E-state index in [1.54, 1.807) is 18.5 Å². The quantitative estimate of drug-likeness (QED) is 0.906. The normalized spacial score (nSPS) is 15.7. The summed E-state index contributed by atoms with van der Waals surface area (Å²) in [5, 5.41) is 2.96. The number of carbonyl (C=O) groups excluding carboxylic acids is 1. The number of rotatable bonds is 4. The van der Waals surface area contributed by atoms with Gasteiger partial charge in [0.05, 0.1) is 12.0 Å². The van der Waals surface area contributed by atoms with Crippen LogP contribution >= 0.6 is 0 Å². The fraction of sp³-hybridized carbons (Fsp3) is 0.389. The lowest BCUT2D eigenvalue weighted by Crippen LogP contribution is -2.45. The van der Waals surface area contributed by atoms with Gasteiger partial charge in [-0.1, -0.05) is 12.1 Å². The maximum absolute atomic E-state index is 12.6. The number of nitrogens with one attached hydrogen (secondary N) is 1. The van der Waals surface area contributed by atoms with Crippen LogP contribution in [0, 0.1) is 0 Å². The van der Waals surface area contributed by atoms with Gasteiger partial charge in [0.1, 0.15) is 0 Å². The second-order valence-electron chi connectivity index (χ2n) is 6.25. The van der Waals surface area contributed by atoms with Gasteiger partial charge in [-0.25, -0.2) is 9.97 Å². The van der Waals surface area contributed by atoms with Crippen molar-refractivity contribution >= 4 is 11.9 Å². The number of alkyl halides is 3. The molecule has 0 aliphatic carbocycles. The predicted molar refractivity (Wildman–Crippen MR) is 90.6 cm³/mol. The summed E-state index contributed by atoms with van der Waals surface area (Å²) >= 11 is 0. The highest BCUT2D eigenvalue weighted by Crippen LogP contribution is 2.29. The first-order valence-corrected chi connectivity index (χ1v) is 8.39. The summed E-state index contributed by atoms with van der Waals surface area (Å²) < 4.78 is 37.7. The van der Waals surface area contributed by atoms with Crippen LogP contribution in [0.5, 0.6) is 0 Å². The van der Waals surface area contributed by atoms with E-state index in [4.69, 9.17) is 0 Å². The molecule has 2 heterocycles. The number of amides is 1. The lowest BCUT2D eigenvalue weighted by Gasteiger charge is -2.32. The Balaban J connectivity index is 1.47. The molecule has 138 valence electrons. The van der Waals surface area contributed by atoms with Crippen LogP contribution in [0.1, 0.15) is 24.0 Å². The van der Waals surface area contributed by atoms with Crippen molar-refractivity contribution in [3.8, 4) is 0 Å². The number of aromatic nitrogens is 2. The molecule has 1 aliphatic rings. The molecular formula is C18H19F3N4O. The van der Waals surface area contributed by atoms with Crippen molar-refractivity contribution in [3.05, 3.63) is 53.9 Å². The maximum Gasteiger partial charge on any atom is 0.416 e. The van der Waals surface area contributed by atoms with Crippen LogP contribution in [-0.4, -0.2) is 35.0 Å². The van der Waals surface area contributed by atoms with Gasteiger partial charge in [-0.2, -0.15) is 13.2 Å². The summed E-state index contributed by atoms with van der Waals surface area (Å²) in [5.41, 5.74) is -0.150. The van der Waals surface area contributed by atoms with Gasteiger partial charge in [-0.05, 0) is 36.6 Å². The van der Waals surface area contributed by atoms with Crippen molar-refractivity contribution in [2.75, 3.05) is 18.0 Å². The molecule has 1 fully saturated rings. The smallest absolute Gasteiger partial charge is 0.353 e. The minimum atomic E-state index is -4.36. The lowest BCUT2D eigenvalue weighted by atomic mass is 10.0. The molecule has 0 saturated carbocycles. The zero-order valence-electron chi connectivity index (χ0n) is 14.0. The Hall–Kier alpha value is -2.64. The monoisotopic (exact) mass is 364 g/mol. The average molecular weight is 364 g/mol. The van der Waals surface area contributed by atoms with Crippen molar-refractivity contribution < 1.29 is 18.0 Å². The van der Waals surface area contributed by atoms with Gasteiger partial charge >= 0.3 is 6.18 Å². The molecule has 0 atom stereocenters. The molecule has 8 heteroatoms. The topological polar surface area (TPSA) is 58.1 Å². The van der Waals surface area contributed by atoms with Crippen molar-refractivity contribution in [2.45, 2.75) is 31.5 Å². The zero-order valence-corrected chi connectivity index (χ0v) is 14.0. The Bertz CT molecular complexity index is 726. The Morgan fingerprint density at radius 3 is 2.31 bits per heavy atom. The molecule has 1 N–H and O–H groups in total. The van der Waals surface area contributed by atoms with Crippen LogP contribution in [-0.2, 0) is 17.4 Å². The van der Waals surface area contributed by atoms with Crippen molar-refractivity contribution in [1.29, 1.82) is 0 Å². The van der Waals surface area contributed by atoms with E-state index in [2.05, 4.69) is 20.2 Å². The summed E-state index contributed by atoms with van der Waals surface area (Å²) in [5.74, 6) is 0.501.